The van der Waals surface area contributed by atoms with Crippen LogP contribution in [0.5, 0.6) is 0 Å². The third kappa shape index (κ3) is 4.31. The van der Waals surface area contributed by atoms with E-state index in [4.69, 9.17) is 0 Å². The molecule has 2 nitrogen and oxygen atoms in total. The van der Waals surface area contributed by atoms with E-state index < -0.39 is 0 Å². The second-order valence-electron chi connectivity index (χ2n) is 15.4. The normalized spacial score (nSPS) is 14.8. The summed E-state index contributed by atoms with van der Waals surface area (Å²) in [6.45, 7) is 9.55. The zero-order valence-corrected chi connectivity index (χ0v) is 30.1. The Morgan fingerprint density at radius 3 is 1.81 bits per heavy atom. The minimum Gasteiger partial charge on any atom is -0.309 e. The highest BCUT2D eigenvalue weighted by Crippen LogP contribution is 2.60. The van der Waals surface area contributed by atoms with Crippen LogP contribution < -0.4 is 9.80 Å². The predicted molar refractivity (Wildman–Crippen MR) is 221 cm³/mol. The van der Waals surface area contributed by atoms with E-state index in [1.165, 1.54) is 77.7 Å². The van der Waals surface area contributed by atoms with E-state index in [0.717, 1.165) is 11.4 Å². The molecule has 2 aliphatic rings. The van der Waals surface area contributed by atoms with Crippen molar-refractivity contribution in [3.63, 3.8) is 0 Å². The average molecular weight is 669 g/mol. The second-order valence-corrected chi connectivity index (χ2v) is 15.4. The monoisotopic (exact) mass is 668 g/mol. The molecule has 0 amide bonds. The van der Waals surface area contributed by atoms with E-state index in [1.54, 1.807) is 0 Å². The van der Waals surface area contributed by atoms with Crippen LogP contribution in [0.2, 0.25) is 0 Å². The van der Waals surface area contributed by atoms with Gasteiger partial charge in [-0.2, -0.15) is 0 Å². The first-order chi connectivity index (χ1) is 25.3. The van der Waals surface area contributed by atoms with Crippen LogP contribution >= 0.6 is 0 Å². The first-order valence-corrected chi connectivity index (χ1v) is 18.4. The Balaban J connectivity index is 1.18. The highest BCUT2D eigenvalue weighted by molar-refractivity contribution is 6.09. The SMILES string of the molecule is CC1(C)c2ccccc2N2c3ccc(-c4ccc(N(c5ccccc5)c5cccc6ccccc56)c5ccccc45)cc3C(C)(C)c3cccc1c32. The lowest BCUT2D eigenvalue weighted by Gasteiger charge is -2.49. The summed E-state index contributed by atoms with van der Waals surface area (Å²) in [5.74, 6) is 0. The number of benzene rings is 8. The van der Waals surface area contributed by atoms with Crippen LogP contribution in [-0.2, 0) is 10.8 Å². The second kappa shape index (κ2) is 11.2. The summed E-state index contributed by atoms with van der Waals surface area (Å²) in [6.07, 6.45) is 0. The van der Waals surface area contributed by atoms with E-state index in [9.17, 15) is 0 Å². The molecule has 2 heterocycles. The van der Waals surface area contributed by atoms with Gasteiger partial charge in [-0.1, -0.05) is 155 Å². The van der Waals surface area contributed by atoms with Gasteiger partial charge in [0, 0.05) is 27.3 Å². The standard InChI is InChI=1S/C50H40N2/c1-49(2)40-23-12-13-26-46(40)52-47-30-28-34(32-43(47)50(3,4)42-25-15-24-41(49)48(42)52)36-29-31-45(39-22-11-10-21-38(36)39)51(35-18-6-5-7-19-35)44-27-14-17-33-16-8-9-20-37(33)44/h5-32H,1-4H3. The molecular weight excluding hydrogens is 629 g/mol. The fraction of sp³-hybridized carbons (Fsp3) is 0.120. The molecule has 0 N–H and O–H groups in total. The number of para-hydroxylation sites is 3. The number of rotatable bonds is 4. The van der Waals surface area contributed by atoms with Crippen molar-refractivity contribution >= 4 is 55.7 Å². The van der Waals surface area contributed by atoms with Gasteiger partial charge < -0.3 is 9.80 Å². The summed E-state index contributed by atoms with van der Waals surface area (Å²) in [7, 11) is 0. The van der Waals surface area contributed by atoms with Crippen LogP contribution in [0.3, 0.4) is 0 Å². The highest BCUT2D eigenvalue weighted by atomic mass is 15.2. The third-order valence-corrected chi connectivity index (χ3v) is 11.8. The Kier molecular flexibility index (Phi) is 6.60. The summed E-state index contributed by atoms with van der Waals surface area (Å²) in [5, 5.41) is 4.91. The van der Waals surface area contributed by atoms with Crippen molar-refractivity contribution in [1.82, 2.24) is 0 Å². The Labute approximate surface area is 306 Å². The van der Waals surface area contributed by atoms with E-state index in [2.05, 4.69) is 207 Å². The molecule has 8 aromatic rings. The Morgan fingerprint density at radius 2 is 1.00 bits per heavy atom. The lowest BCUT2D eigenvalue weighted by Crippen LogP contribution is -2.38. The first-order valence-electron chi connectivity index (χ1n) is 18.4. The number of hydrogen-bond acceptors (Lipinski definition) is 2. The molecule has 0 radical (unpaired) electrons. The maximum atomic E-state index is 2.54. The fourth-order valence-electron chi connectivity index (χ4n) is 9.17. The number of anilines is 6. The summed E-state index contributed by atoms with van der Waals surface area (Å²) < 4.78 is 0. The van der Waals surface area contributed by atoms with Gasteiger partial charge in [0.05, 0.1) is 28.4 Å². The maximum Gasteiger partial charge on any atom is 0.0543 e. The van der Waals surface area contributed by atoms with Gasteiger partial charge in [0.1, 0.15) is 0 Å². The molecule has 0 unspecified atom stereocenters. The predicted octanol–water partition coefficient (Wildman–Crippen LogP) is 13.9. The fourth-order valence-corrected chi connectivity index (χ4v) is 9.17. The van der Waals surface area contributed by atoms with Crippen LogP contribution in [-0.4, -0.2) is 0 Å². The molecule has 2 heteroatoms. The quantitative estimate of drug-likeness (QED) is 0.184. The van der Waals surface area contributed by atoms with Crippen molar-refractivity contribution in [1.29, 1.82) is 0 Å². The number of nitrogens with zero attached hydrogens (tertiary/aromatic N) is 2. The van der Waals surface area contributed by atoms with Gasteiger partial charge in [-0.15, -0.1) is 0 Å². The van der Waals surface area contributed by atoms with E-state index in [-0.39, 0.29) is 10.8 Å². The minimum atomic E-state index is -0.191. The van der Waals surface area contributed by atoms with Crippen LogP contribution in [0.4, 0.5) is 34.1 Å². The van der Waals surface area contributed by atoms with Crippen molar-refractivity contribution in [2.24, 2.45) is 0 Å². The van der Waals surface area contributed by atoms with Crippen molar-refractivity contribution in [3.8, 4) is 11.1 Å². The Bertz CT molecular complexity index is 2700. The Hall–Kier alpha value is -6.12. The van der Waals surface area contributed by atoms with Crippen molar-refractivity contribution < 1.29 is 0 Å². The van der Waals surface area contributed by atoms with E-state index in [0.29, 0.717) is 0 Å². The average Bonchev–Trinajstić information content (AvgIpc) is 3.18. The molecule has 8 aromatic carbocycles. The molecular formula is C50H40N2. The molecule has 0 aromatic heterocycles. The summed E-state index contributed by atoms with van der Waals surface area (Å²) in [4.78, 5) is 4.97. The van der Waals surface area contributed by atoms with Crippen LogP contribution in [0.1, 0.15) is 49.9 Å². The molecule has 250 valence electrons. The molecule has 0 spiro atoms. The van der Waals surface area contributed by atoms with Gasteiger partial charge >= 0.3 is 0 Å². The van der Waals surface area contributed by atoms with E-state index in [1.807, 2.05) is 0 Å². The first kappa shape index (κ1) is 30.7. The molecule has 0 saturated heterocycles. The number of fused-ring (bicyclic) bond motifs is 6. The van der Waals surface area contributed by atoms with Crippen LogP contribution in [0.15, 0.2) is 170 Å². The van der Waals surface area contributed by atoms with Crippen molar-refractivity contribution in [3.05, 3.63) is 192 Å². The van der Waals surface area contributed by atoms with Gasteiger partial charge in [0.2, 0.25) is 0 Å². The van der Waals surface area contributed by atoms with Gasteiger partial charge in [-0.05, 0) is 86.6 Å². The molecule has 2 aliphatic heterocycles. The molecule has 0 bridgehead atoms. The van der Waals surface area contributed by atoms with Gasteiger partial charge in [0.25, 0.3) is 0 Å². The summed E-state index contributed by atoms with van der Waals surface area (Å²) >= 11 is 0. The van der Waals surface area contributed by atoms with Crippen molar-refractivity contribution in [2.45, 2.75) is 38.5 Å². The highest BCUT2D eigenvalue weighted by Gasteiger charge is 2.45. The zero-order valence-electron chi connectivity index (χ0n) is 30.1. The molecule has 0 fully saturated rings. The molecule has 0 aliphatic carbocycles. The summed E-state index contributed by atoms with van der Waals surface area (Å²) in [5.41, 5.74) is 15.0. The third-order valence-electron chi connectivity index (χ3n) is 11.8. The van der Waals surface area contributed by atoms with Crippen LogP contribution in [0, 0.1) is 0 Å². The molecule has 10 rings (SSSR count). The minimum absolute atomic E-state index is 0.0910. The summed E-state index contributed by atoms with van der Waals surface area (Å²) in [6, 6.07) is 62.7. The molecule has 0 saturated carbocycles. The largest absolute Gasteiger partial charge is 0.309 e. The topological polar surface area (TPSA) is 6.48 Å². The lowest BCUT2D eigenvalue weighted by atomic mass is 9.66. The Morgan fingerprint density at radius 1 is 0.423 bits per heavy atom. The van der Waals surface area contributed by atoms with Gasteiger partial charge in [0.15, 0.2) is 0 Å². The zero-order chi connectivity index (χ0) is 35.2. The van der Waals surface area contributed by atoms with Gasteiger partial charge in [-0.25, -0.2) is 0 Å². The molecule has 0 atom stereocenters. The van der Waals surface area contributed by atoms with Crippen molar-refractivity contribution in [2.75, 3.05) is 9.80 Å². The number of hydrogen-bond donors (Lipinski definition) is 0. The van der Waals surface area contributed by atoms with Crippen LogP contribution in [0.25, 0.3) is 32.7 Å². The van der Waals surface area contributed by atoms with Gasteiger partial charge in [-0.3, -0.25) is 0 Å². The molecule has 52 heavy (non-hydrogen) atoms. The smallest absolute Gasteiger partial charge is 0.0543 e. The lowest BCUT2D eigenvalue weighted by molar-refractivity contribution is 0.597. The van der Waals surface area contributed by atoms with E-state index >= 15 is 0 Å². The maximum absolute atomic E-state index is 2.54.